The number of carbonyl (C=O) groups is 1. The number of nitrogens with zero attached hydrogens (tertiary/aromatic N) is 1. The molecule has 0 spiro atoms. The molecule has 0 bridgehead atoms. The van der Waals surface area contributed by atoms with Gasteiger partial charge < -0.3 is 19.6 Å². The fourth-order valence-corrected chi connectivity index (χ4v) is 3.52. The van der Waals surface area contributed by atoms with Crippen LogP contribution >= 0.6 is 0 Å². The first-order valence-electron chi connectivity index (χ1n) is 10.9. The summed E-state index contributed by atoms with van der Waals surface area (Å²) in [6.07, 6.45) is 0.371. The van der Waals surface area contributed by atoms with E-state index in [4.69, 9.17) is 14.1 Å². The van der Waals surface area contributed by atoms with E-state index in [0.717, 1.165) is 16.7 Å². The molecule has 33 heavy (non-hydrogen) atoms. The zero-order chi connectivity index (χ0) is 22.9. The highest BCUT2D eigenvalue weighted by atomic mass is 16.5. The van der Waals surface area contributed by atoms with Crippen molar-refractivity contribution >= 4 is 6.09 Å². The van der Waals surface area contributed by atoms with Gasteiger partial charge in [-0.1, -0.05) is 91.0 Å². The topological polar surface area (TPSA) is 84.6 Å². The number of rotatable bonds is 9. The molecule has 6 nitrogen and oxygen atoms in total. The van der Waals surface area contributed by atoms with Crippen LogP contribution in [0.2, 0.25) is 0 Å². The molecule has 4 aromatic rings. The quantitative estimate of drug-likeness (QED) is 0.345. The second-order valence-corrected chi connectivity index (χ2v) is 7.59. The van der Waals surface area contributed by atoms with Gasteiger partial charge in [-0.2, -0.15) is 0 Å². The second-order valence-electron chi connectivity index (χ2n) is 7.59. The molecule has 1 atom stereocenters. The summed E-state index contributed by atoms with van der Waals surface area (Å²) < 4.78 is 11.6. The van der Waals surface area contributed by atoms with Crippen molar-refractivity contribution in [3.8, 4) is 22.6 Å². The normalized spacial score (nSPS) is 11.7. The van der Waals surface area contributed by atoms with E-state index < -0.39 is 12.1 Å². The first kappa shape index (κ1) is 22.3. The largest absolute Gasteiger partial charge is 0.445 e. The van der Waals surface area contributed by atoms with Gasteiger partial charge in [-0.05, 0) is 18.4 Å². The molecule has 0 saturated heterocycles. The van der Waals surface area contributed by atoms with Crippen LogP contribution in [0.3, 0.4) is 0 Å². The van der Waals surface area contributed by atoms with Crippen LogP contribution in [0, 0.1) is 0 Å². The van der Waals surface area contributed by atoms with Crippen molar-refractivity contribution in [2.75, 3.05) is 6.61 Å². The molecule has 6 heteroatoms. The third-order valence-corrected chi connectivity index (χ3v) is 5.18. The molecule has 168 valence electrons. The highest BCUT2D eigenvalue weighted by Crippen LogP contribution is 2.35. The Morgan fingerprint density at radius 1 is 0.909 bits per heavy atom. The summed E-state index contributed by atoms with van der Waals surface area (Å²) in [5.41, 5.74) is 3.40. The number of carbonyl (C=O) groups excluding carboxylic acids is 1. The second kappa shape index (κ2) is 11.1. The number of amides is 1. The van der Waals surface area contributed by atoms with Gasteiger partial charge in [-0.25, -0.2) is 9.78 Å². The van der Waals surface area contributed by atoms with Crippen molar-refractivity contribution in [3.63, 3.8) is 0 Å². The molecule has 0 unspecified atom stereocenters. The molecule has 4 rings (SSSR count). The molecule has 0 radical (unpaired) electrons. The summed E-state index contributed by atoms with van der Waals surface area (Å²) >= 11 is 0. The lowest BCUT2D eigenvalue weighted by Gasteiger charge is -2.15. The molecule has 1 heterocycles. The average Bonchev–Trinajstić information content (AvgIpc) is 3.32. The van der Waals surface area contributed by atoms with Crippen LogP contribution in [0.1, 0.15) is 30.3 Å². The van der Waals surface area contributed by atoms with Crippen LogP contribution in [-0.4, -0.2) is 22.8 Å². The van der Waals surface area contributed by atoms with Crippen LogP contribution in [0.25, 0.3) is 22.6 Å². The molecular formula is C27H26N2O4. The molecule has 1 aromatic heterocycles. The number of hydrogen-bond donors (Lipinski definition) is 2. The summed E-state index contributed by atoms with van der Waals surface area (Å²) in [7, 11) is 0. The first-order chi connectivity index (χ1) is 16.2. The van der Waals surface area contributed by atoms with Crippen molar-refractivity contribution in [2.45, 2.75) is 25.5 Å². The highest BCUT2D eigenvalue weighted by Gasteiger charge is 2.24. The van der Waals surface area contributed by atoms with E-state index >= 15 is 0 Å². The van der Waals surface area contributed by atoms with Gasteiger partial charge in [0.15, 0.2) is 5.76 Å². The Balaban J connectivity index is 1.60. The third-order valence-electron chi connectivity index (χ3n) is 5.18. The zero-order valence-corrected chi connectivity index (χ0v) is 18.2. The SMILES string of the molecule is O=C(N[C@H](CCCO)c1nc(-c2ccccc2)c(-c2ccccc2)o1)OCc1ccccc1. The predicted molar refractivity (Wildman–Crippen MR) is 126 cm³/mol. The average molecular weight is 443 g/mol. The number of ether oxygens (including phenoxy) is 1. The number of aliphatic hydroxyl groups is 1. The number of aliphatic hydroxyl groups excluding tert-OH is 1. The lowest BCUT2D eigenvalue weighted by atomic mass is 10.1. The number of benzene rings is 3. The molecule has 2 N–H and O–H groups in total. The van der Waals surface area contributed by atoms with E-state index in [1.165, 1.54) is 0 Å². The van der Waals surface area contributed by atoms with Crippen LogP contribution in [-0.2, 0) is 11.3 Å². The fraction of sp³-hybridized carbons (Fsp3) is 0.185. The molecule has 0 aliphatic carbocycles. The van der Waals surface area contributed by atoms with Gasteiger partial charge in [0.05, 0.1) is 0 Å². The number of aromatic nitrogens is 1. The van der Waals surface area contributed by atoms with Crippen LogP contribution in [0.4, 0.5) is 4.79 Å². The lowest BCUT2D eigenvalue weighted by molar-refractivity contribution is 0.132. The fourth-order valence-electron chi connectivity index (χ4n) is 3.52. The van der Waals surface area contributed by atoms with Crippen LogP contribution < -0.4 is 5.32 Å². The molecule has 0 fully saturated rings. The van der Waals surface area contributed by atoms with E-state index in [1.807, 2.05) is 91.0 Å². The van der Waals surface area contributed by atoms with Crippen molar-refractivity contribution in [1.82, 2.24) is 10.3 Å². The zero-order valence-electron chi connectivity index (χ0n) is 18.2. The first-order valence-corrected chi connectivity index (χ1v) is 10.9. The number of hydrogen-bond acceptors (Lipinski definition) is 5. The third kappa shape index (κ3) is 5.87. The Bertz CT molecular complexity index is 1090. The lowest BCUT2D eigenvalue weighted by Crippen LogP contribution is -2.29. The minimum atomic E-state index is -0.567. The van der Waals surface area contributed by atoms with E-state index in [2.05, 4.69) is 5.32 Å². The van der Waals surface area contributed by atoms with Gasteiger partial charge in [0, 0.05) is 17.7 Å². The molecule has 3 aromatic carbocycles. The van der Waals surface area contributed by atoms with Gasteiger partial charge in [0.2, 0.25) is 5.89 Å². The monoisotopic (exact) mass is 442 g/mol. The van der Waals surface area contributed by atoms with Crippen molar-refractivity contribution in [3.05, 3.63) is 102 Å². The van der Waals surface area contributed by atoms with Gasteiger partial charge in [0.25, 0.3) is 0 Å². The molecule has 1 amide bonds. The summed E-state index contributed by atoms with van der Waals surface area (Å²) in [6.45, 7) is 0.157. The Kier molecular flexibility index (Phi) is 7.51. The Morgan fingerprint density at radius 3 is 2.15 bits per heavy atom. The Labute approximate surface area is 192 Å². The summed E-state index contributed by atoms with van der Waals surface area (Å²) in [4.78, 5) is 17.3. The summed E-state index contributed by atoms with van der Waals surface area (Å²) in [6, 6.07) is 28.5. The standard InChI is InChI=1S/C27H26N2O4/c30-18-10-17-23(28-27(31)32-19-20-11-4-1-5-12-20)26-29-24(21-13-6-2-7-14-21)25(33-26)22-15-8-3-9-16-22/h1-9,11-16,23,30H,10,17-19H2,(H,28,31)/t23-/m1/s1. The van der Waals surface area contributed by atoms with Gasteiger partial charge in [0.1, 0.15) is 18.3 Å². The minimum absolute atomic E-state index is 0.00492. The van der Waals surface area contributed by atoms with Crippen molar-refractivity contribution in [2.24, 2.45) is 0 Å². The molecule has 0 aliphatic heterocycles. The van der Waals surface area contributed by atoms with Crippen LogP contribution in [0.5, 0.6) is 0 Å². The summed E-state index contributed by atoms with van der Waals surface area (Å²) in [5.74, 6) is 1.00. The van der Waals surface area contributed by atoms with Gasteiger partial charge in [-0.3, -0.25) is 0 Å². The predicted octanol–water partition coefficient (Wildman–Crippen LogP) is 5.75. The maximum absolute atomic E-state index is 12.5. The van der Waals surface area contributed by atoms with E-state index in [9.17, 15) is 9.90 Å². The molecule has 0 saturated carbocycles. The Morgan fingerprint density at radius 2 is 1.52 bits per heavy atom. The van der Waals surface area contributed by atoms with Crippen molar-refractivity contribution < 1.29 is 19.1 Å². The number of oxazole rings is 1. The van der Waals surface area contributed by atoms with E-state index in [1.54, 1.807) is 0 Å². The van der Waals surface area contributed by atoms with Crippen molar-refractivity contribution in [1.29, 1.82) is 0 Å². The molecular weight excluding hydrogens is 416 g/mol. The summed E-state index contributed by atoms with van der Waals surface area (Å²) in [5, 5.41) is 12.2. The van der Waals surface area contributed by atoms with E-state index in [-0.39, 0.29) is 13.2 Å². The van der Waals surface area contributed by atoms with Crippen LogP contribution in [0.15, 0.2) is 95.4 Å². The molecule has 0 aliphatic rings. The van der Waals surface area contributed by atoms with Gasteiger partial charge in [-0.15, -0.1) is 0 Å². The maximum atomic E-state index is 12.5. The number of nitrogens with one attached hydrogen (secondary N) is 1. The minimum Gasteiger partial charge on any atom is -0.445 e. The number of alkyl carbamates (subject to hydrolysis) is 1. The maximum Gasteiger partial charge on any atom is 0.408 e. The Hall–Kier alpha value is -3.90. The van der Waals surface area contributed by atoms with E-state index in [0.29, 0.717) is 30.2 Å². The van der Waals surface area contributed by atoms with Gasteiger partial charge >= 0.3 is 6.09 Å². The smallest absolute Gasteiger partial charge is 0.408 e. The highest BCUT2D eigenvalue weighted by molar-refractivity contribution is 5.77.